The zero-order valence-corrected chi connectivity index (χ0v) is 18.6. The average Bonchev–Trinajstić information content (AvgIpc) is 3.25. The number of thiophene rings is 1. The van der Waals surface area contributed by atoms with Crippen molar-refractivity contribution in [3.63, 3.8) is 0 Å². The second-order valence-electron chi connectivity index (χ2n) is 7.12. The number of likely N-dealkylation sites (tertiary alicyclic amines) is 1. The van der Waals surface area contributed by atoms with Crippen molar-refractivity contribution in [2.75, 3.05) is 25.0 Å². The molecule has 154 valence electrons. The van der Waals surface area contributed by atoms with E-state index < -0.39 is 0 Å². The summed E-state index contributed by atoms with van der Waals surface area (Å²) in [5, 5.41) is 7.59. The molecule has 1 aliphatic heterocycles. The average molecular weight is 478 g/mol. The number of piperidine rings is 1. The highest BCUT2D eigenvalue weighted by molar-refractivity contribution is 9.10. The molecule has 0 bridgehead atoms. The molecule has 2 aromatic rings. The van der Waals surface area contributed by atoms with Crippen molar-refractivity contribution in [1.82, 2.24) is 10.2 Å². The minimum Gasteiger partial charge on any atom is -0.355 e. The summed E-state index contributed by atoms with van der Waals surface area (Å²) in [6.45, 7) is 3.30. The van der Waals surface area contributed by atoms with Crippen LogP contribution in [0, 0.1) is 12.8 Å². The monoisotopic (exact) mass is 477 g/mol. The maximum absolute atomic E-state index is 12.5. The largest absolute Gasteiger partial charge is 0.355 e. The molecule has 1 saturated heterocycles. The highest BCUT2D eigenvalue weighted by Crippen LogP contribution is 2.22. The first-order chi connectivity index (χ1) is 13.9. The van der Waals surface area contributed by atoms with Crippen molar-refractivity contribution in [2.45, 2.75) is 26.2 Å². The molecule has 29 heavy (non-hydrogen) atoms. The molecule has 3 rings (SSSR count). The predicted octanol–water partition coefficient (Wildman–Crippen LogP) is 3.82. The summed E-state index contributed by atoms with van der Waals surface area (Å²) < 4.78 is 0.894. The molecule has 8 heteroatoms. The van der Waals surface area contributed by atoms with Crippen LogP contribution in [-0.4, -0.2) is 42.3 Å². The molecule has 2 heterocycles. The lowest BCUT2D eigenvalue weighted by Crippen LogP contribution is -2.45. The molecule has 0 radical (unpaired) electrons. The third-order valence-electron chi connectivity index (χ3n) is 4.94. The van der Waals surface area contributed by atoms with Crippen LogP contribution < -0.4 is 10.6 Å². The fourth-order valence-corrected chi connectivity index (χ4v) is 4.37. The fourth-order valence-electron chi connectivity index (χ4n) is 3.32. The summed E-state index contributed by atoms with van der Waals surface area (Å²) in [6, 6.07) is 9.36. The second kappa shape index (κ2) is 10.0. The predicted molar refractivity (Wildman–Crippen MR) is 118 cm³/mol. The van der Waals surface area contributed by atoms with Gasteiger partial charge in [0.15, 0.2) is 0 Å². The van der Waals surface area contributed by atoms with E-state index in [2.05, 4.69) is 26.6 Å². The summed E-state index contributed by atoms with van der Waals surface area (Å²) in [6.07, 6.45) is 1.75. The number of aryl methyl sites for hydroxylation is 1. The molecule has 1 aromatic carbocycles. The van der Waals surface area contributed by atoms with Gasteiger partial charge >= 0.3 is 0 Å². The topological polar surface area (TPSA) is 78.5 Å². The third-order valence-corrected chi connectivity index (χ3v) is 6.29. The van der Waals surface area contributed by atoms with E-state index in [0.29, 0.717) is 18.0 Å². The van der Waals surface area contributed by atoms with E-state index in [9.17, 15) is 14.4 Å². The first kappa shape index (κ1) is 21.5. The Hall–Kier alpha value is -2.19. The van der Waals surface area contributed by atoms with Gasteiger partial charge < -0.3 is 15.5 Å². The molecule has 0 aliphatic carbocycles. The number of nitrogens with one attached hydrogen (secondary N) is 2. The Morgan fingerprint density at radius 2 is 2.10 bits per heavy atom. The number of anilines is 1. The lowest BCUT2D eigenvalue weighted by molar-refractivity contribution is -0.126. The number of carbonyl (C=O) groups excluding carboxylic acids is 3. The minimum absolute atomic E-state index is 0.0127. The molecule has 2 N–H and O–H groups in total. The van der Waals surface area contributed by atoms with Crippen molar-refractivity contribution in [1.29, 1.82) is 0 Å². The van der Waals surface area contributed by atoms with Crippen LogP contribution in [0.4, 0.5) is 5.69 Å². The van der Waals surface area contributed by atoms with Crippen LogP contribution in [0.15, 0.2) is 40.2 Å². The van der Waals surface area contributed by atoms with Crippen molar-refractivity contribution in [3.05, 3.63) is 50.6 Å². The Morgan fingerprint density at radius 1 is 1.28 bits per heavy atom. The van der Waals surface area contributed by atoms with E-state index >= 15 is 0 Å². The maximum Gasteiger partial charge on any atom is 0.263 e. The molecular weight excluding hydrogens is 454 g/mol. The van der Waals surface area contributed by atoms with Crippen molar-refractivity contribution < 1.29 is 14.4 Å². The van der Waals surface area contributed by atoms with Gasteiger partial charge in [0, 0.05) is 36.2 Å². The van der Waals surface area contributed by atoms with Gasteiger partial charge in [-0.3, -0.25) is 14.4 Å². The molecule has 1 aliphatic rings. The SMILES string of the molecule is Cc1ccc(Br)cc1NC(=O)CCNC(=O)C1CCCN(C(=O)c2cccs2)C1. The number of rotatable bonds is 6. The number of hydrogen-bond acceptors (Lipinski definition) is 4. The van der Waals surface area contributed by atoms with E-state index in [0.717, 1.165) is 28.6 Å². The Morgan fingerprint density at radius 3 is 2.86 bits per heavy atom. The van der Waals surface area contributed by atoms with Crippen LogP contribution in [0.1, 0.15) is 34.5 Å². The van der Waals surface area contributed by atoms with Crippen LogP contribution in [0.2, 0.25) is 0 Å². The van der Waals surface area contributed by atoms with E-state index in [1.807, 2.05) is 42.6 Å². The Labute approximate surface area is 182 Å². The minimum atomic E-state index is -0.233. The Balaban J connectivity index is 1.44. The molecule has 0 saturated carbocycles. The van der Waals surface area contributed by atoms with Crippen LogP contribution in [0.3, 0.4) is 0 Å². The summed E-state index contributed by atoms with van der Waals surface area (Å²) in [5.74, 6) is -0.492. The van der Waals surface area contributed by atoms with Gasteiger partial charge in [0.05, 0.1) is 10.8 Å². The van der Waals surface area contributed by atoms with Crippen molar-refractivity contribution >= 4 is 50.7 Å². The van der Waals surface area contributed by atoms with Gasteiger partial charge in [0.2, 0.25) is 11.8 Å². The summed E-state index contributed by atoms with van der Waals surface area (Å²) in [4.78, 5) is 39.6. The van der Waals surface area contributed by atoms with E-state index in [4.69, 9.17) is 0 Å². The number of carbonyl (C=O) groups is 3. The van der Waals surface area contributed by atoms with Crippen LogP contribution in [0.5, 0.6) is 0 Å². The summed E-state index contributed by atoms with van der Waals surface area (Å²) in [7, 11) is 0. The quantitative estimate of drug-likeness (QED) is 0.663. The lowest BCUT2D eigenvalue weighted by Gasteiger charge is -2.31. The first-order valence-corrected chi connectivity index (χ1v) is 11.3. The number of nitrogens with zero attached hydrogens (tertiary/aromatic N) is 1. The van der Waals surface area contributed by atoms with Gasteiger partial charge in [-0.2, -0.15) is 0 Å². The lowest BCUT2D eigenvalue weighted by atomic mass is 9.97. The van der Waals surface area contributed by atoms with E-state index in [1.165, 1.54) is 11.3 Å². The van der Waals surface area contributed by atoms with Gasteiger partial charge in [0.25, 0.3) is 5.91 Å². The van der Waals surface area contributed by atoms with Gasteiger partial charge in [-0.1, -0.05) is 28.1 Å². The maximum atomic E-state index is 12.5. The van der Waals surface area contributed by atoms with E-state index in [1.54, 1.807) is 4.90 Å². The molecule has 1 fully saturated rings. The van der Waals surface area contributed by atoms with Crippen molar-refractivity contribution in [3.8, 4) is 0 Å². The molecular formula is C21H24BrN3O3S. The van der Waals surface area contributed by atoms with Gasteiger partial charge in [-0.25, -0.2) is 0 Å². The number of amides is 3. The second-order valence-corrected chi connectivity index (χ2v) is 8.98. The zero-order valence-electron chi connectivity index (χ0n) is 16.2. The van der Waals surface area contributed by atoms with Gasteiger partial charge in [-0.05, 0) is 48.9 Å². The summed E-state index contributed by atoms with van der Waals surface area (Å²) >= 11 is 4.81. The first-order valence-electron chi connectivity index (χ1n) is 9.60. The van der Waals surface area contributed by atoms with Crippen LogP contribution in [0.25, 0.3) is 0 Å². The molecule has 1 unspecified atom stereocenters. The molecule has 6 nitrogen and oxygen atoms in total. The van der Waals surface area contributed by atoms with E-state index in [-0.39, 0.29) is 36.6 Å². The zero-order chi connectivity index (χ0) is 20.8. The Kier molecular flexibility index (Phi) is 7.44. The normalized spacial score (nSPS) is 16.3. The molecule has 0 spiro atoms. The number of benzene rings is 1. The number of halogens is 1. The highest BCUT2D eigenvalue weighted by atomic mass is 79.9. The molecule has 1 atom stereocenters. The summed E-state index contributed by atoms with van der Waals surface area (Å²) in [5.41, 5.74) is 1.73. The molecule has 1 aromatic heterocycles. The van der Waals surface area contributed by atoms with Gasteiger partial charge in [-0.15, -0.1) is 11.3 Å². The van der Waals surface area contributed by atoms with Crippen molar-refractivity contribution in [2.24, 2.45) is 5.92 Å². The smallest absolute Gasteiger partial charge is 0.263 e. The van der Waals surface area contributed by atoms with Crippen LogP contribution in [-0.2, 0) is 9.59 Å². The Bertz CT molecular complexity index is 885. The van der Waals surface area contributed by atoms with Crippen LogP contribution >= 0.6 is 27.3 Å². The third kappa shape index (κ3) is 5.90. The molecule has 3 amide bonds. The highest BCUT2D eigenvalue weighted by Gasteiger charge is 2.29. The fraction of sp³-hybridized carbons (Fsp3) is 0.381. The standard InChI is InChI=1S/C21H24BrN3O3S/c1-14-6-7-16(22)12-17(14)24-19(26)8-9-23-20(27)15-4-2-10-25(13-15)21(28)18-5-3-11-29-18/h3,5-7,11-12,15H,2,4,8-10,13H2,1H3,(H,23,27)(H,24,26). The van der Waals surface area contributed by atoms with Gasteiger partial charge in [0.1, 0.15) is 0 Å². The number of hydrogen-bond donors (Lipinski definition) is 2.